The van der Waals surface area contributed by atoms with Crippen LogP contribution in [0.4, 0.5) is 0 Å². The van der Waals surface area contributed by atoms with E-state index >= 15 is 0 Å². The summed E-state index contributed by atoms with van der Waals surface area (Å²) in [4.78, 5) is 11.5. The van der Waals surface area contributed by atoms with Crippen molar-refractivity contribution in [1.82, 2.24) is 0 Å². The molecule has 4 nitrogen and oxygen atoms in total. The molecule has 0 aliphatic rings. The zero-order valence-corrected chi connectivity index (χ0v) is 12.3. The lowest BCUT2D eigenvalue weighted by Crippen LogP contribution is -2.10. The molecule has 20 heavy (non-hydrogen) atoms. The second kappa shape index (κ2) is 7.54. The van der Waals surface area contributed by atoms with Gasteiger partial charge in [0.25, 0.3) is 0 Å². The number of hydrogen-bond acceptors (Lipinski definition) is 4. The molecule has 0 radical (unpaired) electrons. The smallest absolute Gasteiger partial charge is 0.338 e. The Balaban J connectivity index is 2.39. The van der Waals surface area contributed by atoms with Gasteiger partial charge in [-0.05, 0) is 57.9 Å². The Morgan fingerprint density at radius 3 is 2.50 bits per heavy atom. The van der Waals surface area contributed by atoms with Gasteiger partial charge in [0.15, 0.2) is 0 Å². The van der Waals surface area contributed by atoms with E-state index in [1.807, 2.05) is 13.8 Å². The highest BCUT2D eigenvalue weighted by Gasteiger charge is 2.15. The summed E-state index contributed by atoms with van der Waals surface area (Å²) in [7, 11) is 0. The molecule has 108 valence electrons. The van der Waals surface area contributed by atoms with Crippen molar-refractivity contribution < 1.29 is 14.3 Å². The van der Waals surface area contributed by atoms with Crippen molar-refractivity contribution in [2.75, 3.05) is 13.2 Å². The van der Waals surface area contributed by atoms with Gasteiger partial charge in [0.05, 0.1) is 30.3 Å². The standard InChI is InChI=1S/C16H21NO3/c1-4-19-15(18)13-6-8-14(9-7-13)20-11-5-10-16(2,3)12-17/h6-9H,4-5,10-11H2,1-3H3. The monoisotopic (exact) mass is 275 g/mol. The zero-order chi connectivity index (χ0) is 15.0. The summed E-state index contributed by atoms with van der Waals surface area (Å²) in [5.74, 6) is 0.391. The third kappa shape index (κ3) is 5.31. The lowest BCUT2D eigenvalue weighted by molar-refractivity contribution is 0.0526. The number of nitrogens with zero attached hydrogens (tertiary/aromatic N) is 1. The van der Waals surface area contributed by atoms with Crippen LogP contribution >= 0.6 is 0 Å². The molecule has 1 aromatic carbocycles. The molecule has 0 amide bonds. The van der Waals surface area contributed by atoms with Crippen LogP contribution in [0.2, 0.25) is 0 Å². The van der Waals surface area contributed by atoms with Gasteiger partial charge in [-0.15, -0.1) is 0 Å². The van der Waals surface area contributed by atoms with E-state index in [2.05, 4.69) is 6.07 Å². The maximum Gasteiger partial charge on any atom is 0.338 e. The predicted molar refractivity (Wildman–Crippen MR) is 76.5 cm³/mol. The Hall–Kier alpha value is -2.02. The topological polar surface area (TPSA) is 59.3 Å². The summed E-state index contributed by atoms with van der Waals surface area (Å²) in [5.41, 5.74) is 0.210. The highest BCUT2D eigenvalue weighted by molar-refractivity contribution is 5.89. The summed E-state index contributed by atoms with van der Waals surface area (Å²) in [6, 6.07) is 9.14. The molecule has 4 heteroatoms. The van der Waals surface area contributed by atoms with Gasteiger partial charge < -0.3 is 9.47 Å². The van der Waals surface area contributed by atoms with E-state index in [9.17, 15) is 4.79 Å². The predicted octanol–water partition coefficient (Wildman–Crippen LogP) is 3.57. The first-order valence-corrected chi connectivity index (χ1v) is 6.80. The molecule has 1 aromatic rings. The van der Waals surface area contributed by atoms with Gasteiger partial charge in [0.1, 0.15) is 5.75 Å². The Kier molecular flexibility index (Phi) is 6.05. The van der Waals surface area contributed by atoms with Gasteiger partial charge in [-0.2, -0.15) is 5.26 Å². The molecule has 0 aliphatic heterocycles. The Labute approximate surface area is 120 Å². The van der Waals surface area contributed by atoms with Gasteiger partial charge >= 0.3 is 5.97 Å². The van der Waals surface area contributed by atoms with Crippen LogP contribution in [-0.2, 0) is 4.74 Å². The van der Waals surface area contributed by atoms with Crippen LogP contribution in [0.15, 0.2) is 24.3 Å². The van der Waals surface area contributed by atoms with Gasteiger partial charge in [-0.3, -0.25) is 0 Å². The molecule has 0 N–H and O–H groups in total. The summed E-state index contributed by atoms with van der Waals surface area (Å²) in [5, 5.41) is 8.90. The average molecular weight is 275 g/mol. The van der Waals surface area contributed by atoms with Crippen molar-refractivity contribution in [3.8, 4) is 11.8 Å². The molecule has 0 heterocycles. The van der Waals surface area contributed by atoms with Crippen LogP contribution in [0.3, 0.4) is 0 Å². The van der Waals surface area contributed by atoms with E-state index in [1.165, 1.54) is 0 Å². The normalized spacial score (nSPS) is 10.7. The van der Waals surface area contributed by atoms with Crippen LogP contribution in [0.25, 0.3) is 0 Å². The highest BCUT2D eigenvalue weighted by Crippen LogP contribution is 2.21. The molecule has 0 fully saturated rings. The largest absolute Gasteiger partial charge is 0.494 e. The number of carbonyl (C=O) groups excluding carboxylic acids is 1. The number of nitriles is 1. The Morgan fingerprint density at radius 1 is 1.30 bits per heavy atom. The van der Waals surface area contributed by atoms with Crippen molar-refractivity contribution in [3.05, 3.63) is 29.8 Å². The quantitative estimate of drug-likeness (QED) is 0.564. The number of ether oxygens (including phenoxy) is 2. The van der Waals surface area contributed by atoms with Crippen LogP contribution in [0.1, 0.15) is 44.0 Å². The van der Waals surface area contributed by atoms with E-state index in [-0.39, 0.29) is 11.4 Å². The number of rotatable bonds is 7. The first-order valence-electron chi connectivity index (χ1n) is 6.80. The van der Waals surface area contributed by atoms with Crippen molar-refractivity contribution in [2.24, 2.45) is 5.41 Å². The fraction of sp³-hybridized carbons (Fsp3) is 0.500. The molecular weight excluding hydrogens is 254 g/mol. The fourth-order valence-electron chi connectivity index (χ4n) is 1.66. The number of hydrogen-bond donors (Lipinski definition) is 0. The number of esters is 1. The maximum atomic E-state index is 11.5. The minimum absolute atomic E-state index is 0.308. The van der Waals surface area contributed by atoms with Crippen LogP contribution in [-0.4, -0.2) is 19.2 Å². The Morgan fingerprint density at radius 2 is 1.95 bits per heavy atom. The summed E-state index contributed by atoms with van der Waals surface area (Å²) >= 11 is 0. The minimum Gasteiger partial charge on any atom is -0.494 e. The van der Waals surface area contributed by atoms with Crippen molar-refractivity contribution in [1.29, 1.82) is 5.26 Å². The van der Waals surface area contributed by atoms with Gasteiger partial charge in [-0.25, -0.2) is 4.79 Å². The van der Waals surface area contributed by atoms with Crippen molar-refractivity contribution in [3.63, 3.8) is 0 Å². The minimum atomic E-state index is -0.324. The van der Waals surface area contributed by atoms with E-state index < -0.39 is 0 Å². The first kappa shape index (κ1) is 16.0. The van der Waals surface area contributed by atoms with E-state index in [1.54, 1.807) is 31.2 Å². The molecule has 1 rings (SSSR count). The SMILES string of the molecule is CCOC(=O)c1ccc(OCCCC(C)(C)C#N)cc1. The molecule has 0 saturated heterocycles. The summed E-state index contributed by atoms with van der Waals surface area (Å²) < 4.78 is 10.5. The second-order valence-corrected chi connectivity index (χ2v) is 5.19. The molecule has 0 aromatic heterocycles. The summed E-state index contributed by atoms with van der Waals surface area (Å²) in [6.07, 6.45) is 1.62. The van der Waals surface area contributed by atoms with Crippen molar-refractivity contribution in [2.45, 2.75) is 33.6 Å². The summed E-state index contributed by atoms with van der Waals surface area (Å²) in [6.45, 7) is 6.54. The molecule has 0 atom stereocenters. The molecular formula is C16H21NO3. The molecule has 0 saturated carbocycles. The molecule has 0 aliphatic carbocycles. The van der Waals surface area contributed by atoms with Gasteiger partial charge in [0.2, 0.25) is 0 Å². The van der Waals surface area contributed by atoms with Crippen molar-refractivity contribution >= 4 is 5.97 Å². The third-order valence-corrected chi connectivity index (χ3v) is 2.88. The third-order valence-electron chi connectivity index (χ3n) is 2.88. The fourth-order valence-corrected chi connectivity index (χ4v) is 1.66. The zero-order valence-electron chi connectivity index (χ0n) is 12.3. The number of benzene rings is 1. The van der Waals surface area contributed by atoms with E-state index in [0.29, 0.717) is 24.5 Å². The molecule has 0 spiro atoms. The van der Waals surface area contributed by atoms with Gasteiger partial charge in [0, 0.05) is 0 Å². The first-order chi connectivity index (χ1) is 9.48. The van der Waals surface area contributed by atoms with Crippen LogP contribution < -0.4 is 4.74 Å². The molecule has 0 unspecified atom stereocenters. The lowest BCUT2D eigenvalue weighted by Gasteiger charge is -2.14. The number of carbonyl (C=O) groups is 1. The van der Waals surface area contributed by atoms with Crippen LogP contribution in [0.5, 0.6) is 5.75 Å². The molecule has 0 bridgehead atoms. The highest BCUT2D eigenvalue weighted by atomic mass is 16.5. The van der Waals surface area contributed by atoms with E-state index in [4.69, 9.17) is 14.7 Å². The second-order valence-electron chi connectivity index (χ2n) is 5.19. The lowest BCUT2D eigenvalue weighted by atomic mass is 9.90. The Bertz CT molecular complexity index is 471. The van der Waals surface area contributed by atoms with Crippen LogP contribution in [0, 0.1) is 16.7 Å². The average Bonchev–Trinajstić information content (AvgIpc) is 2.44. The maximum absolute atomic E-state index is 11.5. The van der Waals surface area contributed by atoms with Gasteiger partial charge in [-0.1, -0.05) is 0 Å². The van der Waals surface area contributed by atoms with E-state index in [0.717, 1.165) is 12.8 Å².